The van der Waals surface area contributed by atoms with Gasteiger partial charge in [-0.3, -0.25) is 0 Å². The Balaban J connectivity index is 1.75. The van der Waals surface area contributed by atoms with Gasteiger partial charge >= 0.3 is 0 Å². The van der Waals surface area contributed by atoms with E-state index in [2.05, 4.69) is 15.9 Å². The lowest BCUT2D eigenvalue weighted by Crippen LogP contribution is -1.92. The van der Waals surface area contributed by atoms with Gasteiger partial charge in [-0.05, 0) is 31.1 Å². The highest BCUT2D eigenvalue weighted by Crippen LogP contribution is 2.86. The van der Waals surface area contributed by atoms with Gasteiger partial charge in [-0.2, -0.15) is 0 Å². The molecule has 3 saturated carbocycles. The first-order valence-corrected chi connectivity index (χ1v) is 6.73. The molecule has 0 aromatic rings. The molecule has 3 atom stereocenters. The lowest BCUT2D eigenvalue weighted by molar-refractivity contribution is 0.485. The van der Waals surface area contributed by atoms with Crippen LogP contribution in [0.15, 0.2) is 0 Å². The Morgan fingerprint density at radius 2 is 1.46 bits per heavy atom. The van der Waals surface area contributed by atoms with Crippen LogP contribution in [0.2, 0.25) is 0 Å². The van der Waals surface area contributed by atoms with Crippen molar-refractivity contribution in [1.29, 1.82) is 0 Å². The zero-order chi connectivity index (χ0) is 9.10. The molecule has 74 valence electrons. The summed E-state index contributed by atoms with van der Waals surface area (Å²) in [5.41, 5.74) is 0.554. The summed E-state index contributed by atoms with van der Waals surface area (Å²) >= 11 is 10.1. The molecule has 0 aliphatic heterocycles. The lowest BCUT2D eigenvalue weighted by atomic mass is 10.0. The number of alkyl halides is 2. The van der Waals surface area contributed by atoms with Crippen molar-refractivity contribution < 1.29 is 0 Å². The summed E-state index contributed by atoms with van der Waals surface area (Å²) in [6, 6.07) is 0. The van der Waals surface area contributed by atoms with E-state index in [1.807, 2.05) is 0 Å². The van der Waals surface area contributed by atoms with Gasteiger partial charge in [0.25, 0.3) is 0 Å². The van der Waals surface area contributed by atoms with Crippen LogP contribution in [0.3, 0.4) is 0 Å². The molecule has 0 aromatic carbocycles. The molecule has 0 radical (unpaired) electrons. The molecule has 0 nitrogen and oxygen atoms in total. The predicted octanol–water partition coefficient (Wildman–Crippen LogP) is 4.31. The van der Waals surface area contributed by atoms with Gasteiger partial charge in [0.1, 0.15) is 3.78 Å². The highest BCUT2D eigenvalue weighted by molar-refractivity contribution is 9.10. The minimum atomic E-state index is 0.0136. The fourth-order valence-electron chi connectivity index (χ4n) is 3.73. The summed E-state index contributed by atoms with van der Waals surface area (Å²) in [4.78, 5) is 0. The monoisotopic (exact) mass is 262 g/mol. The molecule has 3 unspecified atom stereocenters. The summed E-state index contributed by atoms with van der Waals surface area (Å²) in [7, 11) is 0. The molecule has 3 aliphatic rings. The van der Waals surface area contributed by atoms with Crippen LogP contribution in [-0.2, 0) is 0 Å². The van der Waals surface area contributed by atoms with Crippen molar-refractivity contribution in [2.75, 3.05) is 0 Å². The van der Waals surface area contributed by atoms with Crippen molar-refractivity contribution in [3.63, 3.8) is 0 Å². The molecule has 1 spiro atoms. The summed E-state index contributed by atoms with van der Waals surface area (Å²) < 4.78 is 0.0136. The van der Waals surface area contributed by atoms with Crippen LogP contribution in [0.4, 0.5) is 0 Å². The zero-order valence-corrected chi connectivity index (χ0v) is 10.2. The van der Waals surface area contributed by atoms with E-state index in [0.717, 1.165) is 11.8 Å². The predicted molar refractivity (Wildman–Crippen MR) is 59.2 cm³/mol. The normalized spacial score (nSPS) is 59.5. The first-order valence-electron chi connectivity index (χ1n) is 5.56. The quantitative estimate of drug-likeness (QED) is 0.572. The van der Waals surface area contributed by atoms with Crippen LogP contribution >= 0.6 is 27.5 Å². The number of rotatable bonds is 0. The van der Waals surface area contributed by atoms with Gasteiger partial charge in [0, 0.05) is 5.41 Å². The lowest BCUT2D eigenvalue weighted by Gasteiger charge is -2.05. The highest BCUT2D eigenvalue weighted by atomic mass is 79.9. The van der Waals surface area contributed by atoms with Crippen LogP contribution in [0.1, 0.15) is 44.9 Å². The fourth-order valence-corrected chi connectivity index (χ4v) is 5.29. The third-order valence-corrected chi connectivity index (χ3v) is 6.05. The maximum atomic E-state index is 6.39. The topological polar surface area (TPSA) is 0 Å². The van der Waals surface area contributed by atoms with E-state index >= 15 is 0 Å². The Hall–Kier alpha value is 0.770. The minimum absolute atomic E-state index is 0.0136. The van der Waals surface area contributed by atoms with Crippen LogP contribution in [-0.4, -0.2) is 3.78 Å². The molecular weight excluding hydrogens is 247 g/mol. The minimum Gasteiger partial charge on any atom is -0.106 e. The molecule has 0 aromatic heterocycles. The number of hydrogen-bond donors (Lipinski definition) is 0. The van der Waals surface area contributed by atoms with Gasteiger partial charge in [0.2, 0.25) is 0 Å². The van der Waals surface area contributed by atoms with Crippen molar-refractivity contribution in [3.8, 4) is 0 Å². The summed E-state index contributed by atoms with van der Waals surface area (Å²) in [6.07, 6.45) is 9.94. The van der Waals surface area contributed by atoms with Gasteiger partial charge in [0.05, 0.1) is 0 Å². The molecule has 2 heteroatoms. The Morgan fingerprint density at radius 1 is 1.00 bits per heavy atom. The van der Waals surface area contributed by atoms with Gasteiger partial charge in [-0.1, -0.05) is 41.6 Å². The summed E-state index contributed by atoms with van der Waals surface area (Å²) in [6.45, 7) is 0. The Kier molecular flexibility index (Phi) is 1.85. The number of halogens is 2. The van der Waals surface area contributed by atoms with E-state index in [9.17, 15) is 0 Å². The highest BCUT2D eigenvalue weighted by Gasteiger charge is 2.83. The third-order valence-electron chi connectivity index (χ3n) is 4.55. The molecule has 3 rings (SSSR count). The Bertz CT molecular complexity index is 222. The van der Waals surface area contributed by atoms with Gasteiger partial charge in [-0.25, -0.2) is 0 Å². The van der Waals surface area contributed by atoms with Crippen LogP contribution < -0.4 is 0 Å². The van der Waals surface area contributed by atoms with Crippen molar-refractivity contribution in [2.45, 2.75) is 48.7 Å². The Labute approximate surface area is 93.5 Å². The second-order valence-corrected chi connectivity index (χ2v) is 7.58. The van der Waals surface area contributed by atoms with E-state index in [1.54, 1.807) is 0 Å². The molecule has 3 aliphatic carbocycles. The third kappa shape index (κ3) is 1.10. The molecule has 0 saturated heterocycles. The van der Waals surface area contributed by atoms with E-state index in [-0.39, 0.29) is 3.78 Å². The molecule has 0 bridgehead atoms. The van der Waals surface area contributed by atoms with Crippen molar-refractivity contribution >= 4 is 27.5 Å². The van der Waals surface area contributed by atoms with Gasteiger partial charge in [-0.15, -0.1) is 11.6 Å². The zero-order valence-electron chi connectivity index (χ0n) is 7.86. The van der Waals surface area contributed by atoms with E-state index < -0.39 is 0 Å². The maximum absolute atomic E-state index is 6.39. The van der Waals surface area contributed by atoms with Crippen molar-refractivity contribution in [1.82, 2.24) is 0 Å². The maximum Gasteiger partial charge on any atom is 0.106 e. The van der Waals surface area contributed by atoms with E-state index in [4.69, 9.17) is 11.6 Å². The molecule has 0 amide bonds. The molecule has 0 N–H and O–H groups in total. The van der Waals surface area contributed by atoms with Crippen LogP contribution in [0, 0.1) is 17.3 Å². The van der Waals surface area contributed by atoms with Crippen LogP contribution in [0.25, 0.3) is 0 Å². The Morgan fingerprint density at radius 3 is 1.85 bits per heavy atom. The molecule has 3 fully saturated rings. The van der Waals surface area contributed by atoms with E-state index in [1.165, 1.54) is 44.9 Å². The second kappa shape index (κ2) is 2.66. The largest absolute Gasteiger partial charge is 0.106 e. The molecule has 0 heterocycles. The summed E-state index contributed by atoms with van der Waals surface area (Å²) in [5.74, 6) is 1.95. The standard InChI is InChI=1S/C11H16BrCl/c12-11(13)7-10(11)8-5-3-1-2-4-6-9(8)10/h8-9H,1-7H2. The van der Waals surface area contributed by atoms with Crippen LogP contribution in [0.5, 0.6) is 0 Å². The first-order chi connectivity index (χ1) is 6.18. The fraction of sp³-hybridized carbons (Fsp3) is 1.00. The summed E-state index contributed by atoms with van der Waals surface area (Å²) in [5, 5.41) is 0. The van der Waals surface area contributed by atoms with E-state index in [0.29, 0.717) is 5.41 Å². The second-order valence-electron chi connectivity index (χ2n) is 5.13. The first kappa shape index (κ1) is 9.03. The SMILES string of the molecule is ClC1(Br)CC12C1CCCCCCC12. The smallest absolute Gasteiger partial charge is 0.106 e. The number of hydrogen-bond acceptors (Lipinski definition) is 0. The van der Waals surface area contributed by atoms with Gasteiger partial charge < -0.3 is 0 Å². The molecule has 13 heavy (non-hydrogen) atoms. The van der Waals surface area contributed by atoms with Crippen molar-refractivity contribution in [3.05, 3.63) is 0 Å². The van der Waals surface area contributed by atoms with Gasteiger partial charge in [0.15, 0.2) is 0 Å². The molecular formula is C11H16BrCl. The number of fused-ring (bicyclic) bond motifs is 3. The van der Waals surface area contributed by atoms with Crippen molar-refractivity contribution in [2.24, 2.45) is 17.3 Å². The average Bonchev–Trinajstić information content (AvgIpc) is 2.71. The average molecular weight is 264 g/mol.